The van der Waals surface area contributed by atoms with Crippen molar-refractivity contribution in [3.8, 4) is 0 Å². The molecule has 0 heterocycles. The van der Waals surface area contributed by atoms with E-state index in [0.717, 1.165) is 51.4 Å². The fourth-order valence-electron chi connectivity index (χ4n) is 4.31. The first kappa shape index (κ1) is 44.2. The smallest absolute Gasteiger partial charge is 0.306 e. The first-order chi connectivity index (χ1) is 22.0. The van der Waals surface area contributed by atoms with Gasteiger partial charge in [-0.3, -0.25) is 14.2 Å². The lowest BCUT2D eigenvalue weighted by Gasteiger charge is -2.28. The van der Waals surface area contributed by atoms with Gasteiger partial charge in [0.25, 0.3) is 7.82 Å². The van der Waals surface area contributed by atoms with Crippen LogP contribution in [0.25, 0.3) is 0 Å². The largest absolute Gasteiger partial charge is 0.756 e. The summed E-state index contributed by atoms with van der Waals surface area (Å²) in [5, 5.41) is 0. The molecule has 0 fully saturated rings. The molecule has 1 unspecified atom stereocenters. The third kappa shape index (κ3) is 32.2. The summed E-state index contributed by atoms with van der Waals surface area (Å²) >= 11 is 0. The number of hydrogen-bond donors (Lipinski definition) is 0. The first-order valence-electron chi connectivity index (χ1n) is 17.7. The molecule has 46 heavy (non-hydrogen) atoms. The van der Waals surface area contributed by atoms with Gasteiger partial charge in [0, 0.05) is 12.8 Å². The number of nitrogens with zero attached hydrogens (tertiary/aromatic N) is 1. The van der Waals surface area contributed by atoms with Gasteiger partial charge in [0.2, 0.25) is 0 Å². The average molecular weight is 672 g/mol. The van der Waals surface area contributed by atoms with E-state index in [4.69, 9.17) is 18.5 Å². The van der Waals surface area contributed by atoms with Crippen LogP contribution >= 0.6 is 7.82 Å². The topological polar surface area (TPSA) is 111 Å². The molecular formula is C36H66NO8P. The maximum atomic E-state index is 12.5. The summed E-state index contributed by atoms with van der Waals surface area (Å²) in [7, 11) is 1.14. The van der Waals surface area contributed by atoms with E-state index in [0.29, 0.717) is 23.9 Å². The summed E-state index contributed by atoms with van der Waals surface area (Å²) in [6, 6.07) is 0. The lowest BCUT2D eigenvalue weighted by atomic mass is 10.1. The van der Waals surface area contributed by atoms with Crippen molar-refractivity contribution in [3.63, 3.8) is 0 Å². The molecule has 0 rings (SSSR count). The van der Waals surface area contributed by atoms with Crippen LogP contribution in [-0.4, -0.2) is 70.0 Å². The molecule has 2 atom stereocenters. The van der Waals surface area contributed by atoms with Crippen LogP contribution in [0.1, 0.15) is 129 Å². The Morgan fingerprint density at radius 3 is 1.78 bits per heavy atom. The maximum Gasteiger partial charge on any atom is 0.306 e. The van der Waals surface area contributed by atoms with Crippen LogP contribution in [0.15, 0.2) is 36.5 Å². The second kappa shape index (κ2) is 29.4. The van der Waals surface area contributed by atoms with Gasteiger partial charge in [-0.15, -0.1) is 0 Å². The molecule has 0 N–H and O–H groups in total. The first-order valence-corrected chi connectivity index (χ1v) is 19.2. The molecule has 0 aliphatic carbocycles. The summed E-state index contributed by atoms with van der Waals surface area (Å²) in [6.07, 6.45) is 29.1. The Hall–Kier alpha value is -1.77. The zero-order chi connectivity index (χ0) is 34.4. The minimum Gasteiger partial charge on any atom is -0.756 e. The van der Waals surface area contributed by atoms with Crippen LogP contribution in [-0.2, 0) is 32.7 Å². The molecule has 0 aromatic carbocycles. The highest BCUT2D eigenvalue weighted by molar-refractivity contribution is 7.45. The lowest BCUT2D eigenvalue weighted by Crippen LogP contribution is -2.37. The fourth-order valence-corrected chi connectivity index (χ4v) is 5.03. The molecule has 0 aromatic rings. The highest BCUT2D eigenvalue weighted by Gasteiger charge is 2.21. The van der Waals surface area contributed by atoms with Crippen molar-refractivity contribution in [2.45, 2.75) is 136 Å². The number of carbonyl (C=O) groups excluding carboxylic acids is 2. The van der Waals surface area contributed by atoms with Crippen molar-refractivity contribution in [2.24, 2.45) is 0 Å². The second-order valence-corrected chi connectivity index (χ2v) is 14.3. The Balaban J connectivity index is 4.49. The molecule has 10 heteroatoms. The predicted molar refractivity (Wildman–Crippen MR) is 185 cm³/mol. The Morgan fingerprint density at radius 2 is 1.17 bits per heavy atom. The van der Waals surface area contributed by atoms with Crippen LogP contribution in [0.4, 0.5) is 0 Å². The molecular weight excluding hydrogens is 605 g/mol. The predicted octanol–water partition coefficient (Wildman–Crippen LogP) is 8.38. The Morgan fingerprint density at radius 1 is 0.674 bits per heavy atom. The van der Waals surface area contributed by atoms with Crippen LogP contribution in [0.3, 0.4) is 0 Å². The molecule has 0 radical (unpaired) electrons. The third-order valence-electron chi connectivity index (χ3n) is 7.16. The van der Waals surface area contributed by atoms with Gasteiger partial charge >= 0.3 is 11.9 Å². The number of esters is 2. The average Bonchev–Trinajstić information content (AvgIpc) is 2.99. The van der Waals surface area contributed by atoms with Crippen LogP contribution in [0, 0.1) is 0 Å². The molecule has 0 aliphatic heterocycles. The number of phosphoric ester groups is 1. The minimum atomic E-state index is -4.61. The number of allylic oxidation sites excluding steroid dienone is 6. The number of carbonyl (C=O) groups is 2. The van der Waals surface area contributed by atoms with Gasteiger partial charge in [0.05, 0.1) is 27.7 Å². The molecule has 0 amide bonds. The minimum absolute atomic E-state index is 0.0370. The van der Waals surface area contributed by atoms with Crippen molar-refractivity contribution >= 4 is 19.8 Å². The standard InChI is InChI=1S/C36H66NO8P/c1-6-8-10-12-14-15-16-17-18-19-20-21-23-24-26-28-35(38)42-32-34(33-44-46(40,41)43-31-30-37(3,4)5)45-36(39)29-27-25-22-13-11-9-7-2/h14-15,17-18,20-21,34H,6-13,16,19,22-33H2,1-5H3/b15-14-,18-17-,21-20-/t34-/m1/s1. The molecule has 0 saturated heterocycles. The molecule has 0 aliphatic rings. The maximum absolute atomic E-state index is 12.5. The summed E-state index contributed by atoms with van der Waals surface area (Å²) in [4.78, 5) is 37.0. The van der Waals surface area contributed by atoms with Gasteiger partial charge in [-0.05, 0) is 51.4 Å². The van der Waals surface area contributed by atoms with E-state index in [1.54, 1.807) is 0 Å². The van der Waals surface area contributed by atoms with Gasteiger partial charge in [0.15, 0.2) is 6.10 Å². The number of likely N-dealkylation sites (N-methyl/N-ethyl adjacent to an activating group) is 1. The molecule has 0 bridgehead atoms. The van der Waals surface area contributed by atoms with E-state index in [1.165, 1.54) is 38.5 Å². The fraction of sp³-hybridized carbons (Fsp3) is 0.778. The van der Waals surface area contributed by atoms with Crippen molar-refractivity contribution in [3.05, 3.63) is 36.5 Å². The number of ether oxygens (including phenoxy) is 2. The van der Waals surface area contributed by atoms with Gasteiger partial charge in [-0.25, -0.2) is 0 Å². The Bertz CT molecular complexity index is 897. The van der Waals surface area contributed by atoms with E-state index in [9.17, 15) is 19.0 Å². The van der Waals surface area contributed by atoms with Gasteiger partial charge in [0.1, 0.15) is 19.8 Å². The number of rotatable bonds is 31. The van der Waals surface area contributed by atoms with Crippen molar-refractivity contribution < 1.29 is 42.1 Å². The van der Waals surface area contributed by atoms with Crippen molar-refractivity contribution in [2.75, 3.05) is 47.5 Å². The highest BCUT2D eigenvalue weighted by Crippen LogP contribution is 2.38. The van der Waals surface area contributed by atoms with Gasteiger partial charge in [-0.1, -0.05) is 102 Å². The summed E-state index contributed by atoms with van der Waals surface area (Å²) in [5.41, 5.74) is 0. The molecule has 0 spiro atoms. The SMILES string of the molecule is CCCCC/C=C\C/C=C\C/C=C\CCCCC(=O)OC[C@H](COP(=O)([O-])OCC[N+](C)(C)C)OC(=O)CCCCCCCCC. The van der Waals surface area contributed by atoms with Crippen molar-refractivity contribution in [1.82, 2.24) is 0 Å². The summed E-state index contributed by atoms with van der Waals surface area (Å²) < 4.78 is 33.5. The van der Waals surface area contributed by atoms with Crippen LogP contribution in [0.2, 0.25) is 0 Å². The lowest BCUT2D eigenvalue weighted by molar-refractivity contribution is -0.870. The highest BCUT2D eigenvalue weighted by atomic mass is 31.2. The summed E-state index contributed by atoms with van der Waals surface area (Å²) in [6.45, 7) is 4.06. The number of hydrogen-bond acceptors (Lipinski definition) is 8. The number of unbranched alkanes of at least 4 members (excludes halogenated alkanes) is 11. The Kier molecular flexibility index (Phi) is 28.2. The van der Waals surface area contributed by atoms with E-state index >= 15 is 0 Å². The van der Waals surface area contributed by atoms with Crippen molar-refractivity contribution in [1.29, 1.82) is 0 Å². The zero-order valence-electron chi connectivity index (χ0n) is 29.8. The second-order valence-electron chi connectivity index (χ2n) is 12.9. The van der Waals surface area contributed by atoms with Crippen LogP contribution < -0.4 is 4.89 Å². The zero-order valence-corrected chi connectivity index (χ0v) is 30.7. The van der Waals surface area contributed by atoms with E-state index < -0.39 is 32.5 Å². The van der Waals surface area contributed by atoms with E-state index in [-0.39, 0.29) is 26.1 Å². The molecule has 9 nitrogen and oxygen atoms in total. The quantitative estimate of drug-likeness (QED) is 0.0238. The third-order valence-corrected chi connectivity index (χ3v) is 8.13. The van der Waals surface area contributed by atoms with E-state index in [2.05, 4.69) is 50.3 Å². The number of phosphoric acid groups is 1. The van der Waals surface area contributed by atoms with Gasteiger partial charge in [-0.2, -0.15) is 0 Å². The molecule has 0 aromatic heterocycles. The normalized spacial score (nSPS) is 14.3. The molecule has 0 saturated carbocycles. The molecule has 268 valence electrons. The monoisotopic (exact) mass is 671 g/mol. The number of quaternary nitrogens is 1. The van der Waals surface area contributed by atoms with E-state index in [1.807, 2.05) is 21.1 Å². The summed E-state index contributed by atoms with van der Waals surface area (Å²) in [5.74, 6) is -0.891. The van der Waals surface area contributed by atoms with Crippen LogP contribution in [0.5, 0.6) is 0 Å². The van der Waals surface area contributed by atoms with Gasteiger partial charge < -0.3 is 27.9 Å². The Labute approximate surface area is 281 Å².